The monoisotopic (exact) mass is 299 g/mol. The molecule has 0 bridgehead atoms. The second-order valence-corrected chi connectivity index (χ2v) is 6.35. The maximum Gasteiger partial charge on any atom is 0.168 e. The van der Waals surface area contributed by atoms with Gasteiger partial charge in [0.05, 0.1) is 0 Å². The van der Waals surface area contributed by atoms with E-state index in [9.17, 15) is 0 Å². The van der Waals surface area contributed by atoms with E-state index in [0.717, 1.165) is 56.3 Å². The Morgan fingerprint density at radius 2 is 2.20 bits per heavy atom. The summed E-state index contributed by atoms with van der Waals surface area (Å²) >= 11 is 5.54. The number of nitrogens with zero attached hydrogens (tertiary/aromatic N) is 2. The molecule has 2 rings (SSSR count). The molecule has 2 aliphatic heterocycles. The number of nitrogens with one attached hydrogen (secondary N) is 1. The predicted octanol–water partition coefficient (Wildman–Crippen LogP) is 1.70. The van der Waals surface area contributed by atoms with Crippen molar-refractivity contribution in [3.8, 4) is 0 Å². The lowest BCUT2D eigenvalue weighted by Crippen LogP contribution is -2.55. The van der Waals surface area contributed by atoms with Crippen molar-refractivity contribution in [3.05, 3.63) is 0 Å². The molecule has 2 atom stereocenters. The molecular formula is C15H29N3OS. The first-order valence-corrected chi connectivity index (χ1v) is 8.44. The van der Waals surface area contributed by atoms with Crippen molar-refractivity contribution < 1.29 is 4.74 Å². The summed E-state index contributed by atoms with van der Waals surface area (Å²) in [5.74, 6) is 0.797. The van der Waals surface area contributed by atoms with Gasteiger partial charge in [-0.25, -0.2) is 0 Å². The third-order valence-corrected chi connectivity index (χ3v) is 4.98. The van der Waals surface area contributed by atoms with Crippen LogP contribution in [-0.4, -0.2) is 67.4 Å². The molecule has 2 unspecified atom stereocenters. The molecule has 116 valence electrons. The molecule has 0 amide bonds. The van der Waals surface area contributed by atoms with Gasteiger partial charge in [-0.05, 0) is 64.3 Å². The van der Waals surface area contributed by atoms with Crippen LogP contribution in [0.25, 0.3) is 0 Å². The summed E-state index contributed by atoms with van der Waals surface area (Å²) in [4.78, 5) is 4.92. The van der Waals surface area contributed by atoms with Crippen LogP contribution in [0.5, 0.6) is 0 Å². The number of rotatable bonds is 5. The van der Waals surface area contributed by atoms with E-state index in [1.807, 2.05) is 6.92 Å². The van der Waals surface area contributed by atoms with Gasteiger partial charge >= 0.3 is 0 Å². The Hall–Kier alpha value is -0.390. The average Bonchev–Trinajstić information content (AvgIpc) is 2.47. The first-order chi connectivity index (χ1) is 9.72. The molecule has 0 radical (unpaired) electrons. The van der Waals surface area contributed by atoms with Gasteiger partial charge in [-0.1, -0.05) is 0 Å². The maximum atomic E-state index is 5.54. The summed E-state index contributed by atoms with van der Waals surface area (Å²) in [6.45, 7) is 8.07. The Kier molecular flexibility index (Phi) is 6.52. The molecule has 2 aliphatic rings. The summed E-state index contributed by atoms with van der Waals surface area (Å²) in [5, 5.41) is 4.32. The quantitative estimate of drug-likeness (QED) is 0.616. The maximum absolute atomic E-state index is 5.54. The summed E-state index contributed by atoms with van der Waals surface area (Å²) in [7, 11) is 2.27. The number of thiocarbonyl (C=S) groups is 1. The van der Waals surface area contributed by atoms with Crippen LogP contribution in [0.1, 0.15) is 32.6 Å². The third-order valence-electron chi connectivity index (χ3n) is 4.58. The smallest absolute Gasteiger partial charge is 0.168 e. The number of hydrogen-bond acceptors (Lipinski definition) is 3. The summed E-state index contributed by atoms with van der Waals surface area (Å²) in [5.41, 5.74) is 0. The molecule has 1 N–H and O–H groups in total. The van der Waals surface area contributed by atoms with Crippen molar-refractivity contribution in [2.75, 3.05) is 46.4 Å². The molecule has 5 heteroatoms. The van der Waals surface area contributed by atoms with Crippen molar-refractivity contribution >= 4 is 17.3 Å². The standard InChI is InChI=1S/C15H29N3OS/c1-3-19-11-5-8-16-15(20)18-10-7-14-13(12-18)6-4-9-17(14)2/h13-14H,3-12H2,1-2H3,(H,16,20). The lowest BCUT2D eigenvalue weighted by atomic mass is 9.84. The van der Waals surface area contributed by atoms with Gasteiger partial charge in [-0.2, -0.15) is 0 Å². The zero-order chi connectivity index (χ0) is 14.4. The largest absolute Gasteiger partial charge is 0.382 e. The number of ether oxygens (including phenoxy) is 1. The molecule has 0 spiro atoms. The van der Waals surface area contributed by atoms with Gasteiger partial charge in [0.2, 0.25) is 0 Å². The minimum atomic E-state index is 0.778. The molecule has 0 aromatic heterocycles. The SMILES string of the molecule is CCOCCCNC(=S)N1CCC2C(CCCN2C)C1. The lowest BCUT2D eigenvalue weighted by molar-refractivity contribution is 0.0629. The minimum Gasteiger partial charge on any atom is -0.382 e. The van der Waals surface area contributed by atoms with Gasteiger partial charge in [-0.3, -0.25) is 0 Å². The number of piperidine rings is 2. The first kappa shape index (κ1) is 16.0. The van der Waals surface area contributed by atoms with E-state index in [0.29, 0.717) is 0 Å². The van der Waals surface area contributed by atoms with Gasteiger partial charge in [-0.15, -0.1) is 0 Å². The van der Waals surface area contributed by atoms with Crippen molar-refractivity contribution in [3.63, 3.8) is 0 Å². The predicted molar refractivity (Wildman–Crippen MR) is 87.0 cm³/mol. The van der Waals surface area contributed by atoms with Crippen molar-refractivity contribution in [2.24, 2.45) is 5.92 Å². The fourth-order valence-electron chi connectivity index (χ4n) is 3.46. The van der Waals surface area contributed by atoms with Gasteiger partial charge in [0.1, 0.15) is 0 Å². The zero-order valence-electron chi connectivity index (χ0n) is 12.9. The van der Waals surface area contributed by atoms with Crippen LogP contribution in [0.4, 0.5) is 0 Å². The van der Waals surface area contributed by atoms with Crippen molar-refractivity contribution in [1.29, 1.82) is 0 Å². The van der Waals surface area contributed by atoms with E-state index in [2.05, 4.69) is 22.2 Å². The zero-order valence-corrected chi connectivity index (χ0v) is 13.8. The molecule has 0 saturated carbocycles. The van der Waals surface area contributed by atoms with Crippen molar-refractivity contribution in [2.45, 2.75) is 38.6 Å². The Morgan fingerprint density at radius 3 is 3.00 bits per heavy atom. The van der Waals surface area contributed by atoms with Crippen LogP contribution in [0.15, 0.2) is 0 Å². The summed E-state index contributed by atoms with van der Waals surface area (Å²) < 4.78 is 5.34. The van der Waals surface area contributed by atoms with Gasteiger partial charge < -0.3 is 19.9 Å². The Morgan fingerprint density at radius 1 is 1.35 bits per heavy atom. The Bertz CT molecular complexity index is 313. The highest BCUT2D eigenvalue weighted by atomic mass is 32.1. The number of hydrogen-bond donors (Lipinski definition) is 1. The van der Waals surface area contributed by atoms with E-state index in [4.69, 9.17) is 17.0 Å². The third kappa shape index (κ3) is 4.30. The van der Waals surface area contributed by atoms with Gasteiger partial charge in [0, 0.05) is 38.9 Å². The van der Waals surface area contributed by atoms with E-state index in [1.165, 1.54) is 25.8 Å². The molecule has 2 heterocycles. The van der Waals surface area contributed by atoms with E-state index in [-0.39, 0.29) is 0 Å². The lowest BCUT2D eigenvalue weighted by Gasteiger charge is -2.46. The second-order valence-electron chi connectivity index (χ2n) is 5.97. The topological polar surface area (TPSA) is 27.7 Å². The summed E-state index contributed by atoms with van der Waals surface area (Å²) in [6, 6.07) is 0.778. The highest BCUT2D eigenvalue weighted by Gasteiger charge is 2.34. The van der Waals surface area contributed by atoms with Crippen LogP contribution in [-0.2, 0) is 4.74 Å². The first-order valence-electron chi connectivity index (χ1n) is 8.03. The van der Waals surface area contributed by atoms with Gasteiger partial charge in [0.25, 0.3) is 0 Å². The average molecular weight is 299 g/mol. The number of likely N-dealkylation sites (tertiary alicyclic amines) is 2. The molecule has 0 aromatic rings. The molecule has 0 aliphatic carbocycles. The molecule has 0 aromatic carbocycles. The van der Waals surface area contributed by atoms with Crippen LogP contribution < -0.4 is 5.32 Å². The summed E-state index contributed by atoms with van der Waals surface area (Å²) in [6.07, 6.45) is 4.97. The molecule has 20 heavy (non-hydrogen) atoms. The fraction of sp³-hybridized carbons (Fsp3) is 0.933. The van der Waals surface area contributed by atoms with Gasteiger partial charge in [0.15, 0.2) is 5.11 Å². The Labute approximate surface area is 128 Å². The number of fused-ring (bicyclic) bond motifs is 1. The normalized spacial score (nSPS) is 27.2. The molecular weight excluding hydrogens is 270 g/mol. The highest BCUT2D eigenvalue weighted by molar-refractivity contribution is 7.80. The van der Waals surface area contributed by atoms with Crippen LogP contribution in [0, 0.1) is 5.92 Å². The van der Waals surface area contributed by atoms with E-state index >= 15 is 0 Å². The van der Waals surface area contributed by atoms with Crippen LogP contribution in [0.3, 0.4) is 0 Å². The van der Waals surface area contributed by atoms with Crippen LogP contribution >= 0.6 is 12.2 Å². The molecule has 4 nitrogen and oxygen atoms in total. The molecule has 2 fully saturated rings. The second kappa shape index (κ2) is 8.15. The molecule has 2 saturated heterocycles. The fourth-order valence-corrected chi connectivity index (χ4v) is 3.73. The van der Waals surface area contributed by atoms with E-state index < -0.39 is 0 Å². The highest BCUT2D eigenvalue weighted by Crippen LogP contribution is 2.29. The van der Waals surface area contributed by atoms with Crippen molar-refractivity contribution in [1.82, 2.24) is 15.1 Å². The van der Waals surface area contributed by atoms with E-state index in [1.54, 1.807) is 0 Å². The minimum absolute atomic E-state index is 0.778. The van der Waals surface area contributed by atoms with Crippen LogP contribution in [0.2, 0.25) is 0 Å². The Balaban J connectivity index is 1.69.